The van der Waals surface area contributed by atoms with Crippen molar-refractivity contribution in [1.29, 1.82) is 0 Å². The quantitative estimate of drug-likeness (QED) is 0.182. The summed E-state index contributed by atoms with van der Waals surface area (Å²) in [6, 6.07) is 8.63. The van der Waals surface area contributed by atoms with Crippen molar-refractivity contribution in [1.82, 2.24) is 0 Å². The molecule has 0 unspecified atom stereocenters. The maximum atomic E-state index is 12.3. The monoisotopic (exact) mass is 545 g/mol. The lowest BCUT2D eigenvalue weighted by Gasteiger charge is -2.13. The van der Waals surface area contributed by atoms with Crippen LogP contribution in [0.4, 0.5) is 0 Å². The standard InChI is InChI=1S/C21H18Cl2INO4/c1-3-4-7-28-19-16(24)8-12(10-18(19)27-2)9-17-21(26)29-20(25-17)13-5-6-14(22)15(23)11-13/h5-6,8-11H,3-4,7H2,1-2H3/b17-9-. The molecule has 0 radical (unpaired) electrons. The second-order valence-electron chi connectivity index (χ2n) is 6.20. The first-order valence-corrected chi connectivity index (χ1v) is 10.7. The van der Waals surface area contributed by atoms with Crippen LogP contribution >= 0.6 is 45.8 Å². The molecule has 2 aromatic carbocycles. The van der Waals surface area contributed by atoms with E-state index in [1.165, 1.54) is 0 Å². The topological polar surface area (TPSA) is 57.1 Å². The highest BCUT2D eigenvalue weighted by molar-refractivity contribution is 14.1. The van der Waals surface area contributed by atoms with E-state index in [2.05, 4.69) is 34.5 Å². The number of carbonyl (C=O) groups excluding carboxylic acids is 1. The Kier molecular flexibility index (Phi) is 7.43. The zero-order chi connectivity index (χ0) is 21.0. The number of benzene rings is 2. The van der Waals surface area contributed by atoms with Crippen molar-refractivity contribution in [2.75, 3.05) is 13.7 Å². The van der Waals surface area contributed by atoms with Crippen LogP contribution < -0.4 is 9.47 Å². The summed E-state index contributed by atoms with van der Waals surface area (Å²) in [7, 11) is 1.58. The van der Waals surface area contributed by atoms with Crippen molar-refractivity contribution in [3.63, 3.8) is 0 Å². The number of carbonyl (C=O) groups is 1. The summed E-state index contributed by atoms with van der Waals surface area (Å²) in [6.45, 7) is 2.72. The van der Waals surface area contributed by atoms with E-state index in [1.807, 2.05) is 6.07 Å². The Morgan fingerprint density at radius 1 is 1.21 bits per heavy atom. The second kappa shape index (κ2) is 9.82. The van der Waals surface area contributed by atoms with Gasteiger partial charge < -0.3 is 14.2 Å². The molecule has 0 atom stereocenters. The zero-order valence-corrected chi connectivity index (χ0v) is 19.5. The lowest BCUT2D eigenvalue weighted by atomic mass is 10.1. The molecule has 0 fully saturated rings. The number of methoxy groups -OCH3 is 1. The van der Waals surface area contributed by atoms with E-state index in [4.69, 9.17) is 37.4 Å². The molecule has 1 aliphatic heterocycles. The fourth-order valence-electron chi connectivity index (χ4n) is 2.60. The SMILES string of the molecule is CCCCOc1c(I)cc(/C=C2\N=C(c3ccc(Cl)c(Cl)c3)OC2=O)cc1OC. The van der Waals surface area contributed by atoms with Crippen molar-refractivity contribution >= 4 is 63.7 Å². The van der Waals surface area contributed by atoms with Crippen molar-refractivity contribution in [3.8, 4) is 11.5 Å². The van der Waals surface area contributed by atoms with Gasteiger partial charge in [0.2, 0.25) is 5.90 Å². The highest BCUT2D eigenvalue weighted by atomic mass is 127. The van der Waals surface area contributed by atoms with E-state index in [9.17, 15) is 4.79 Å². The Bertz CT molecular complexity index is 1000. The molecule has 0 bridgehead atoms. The average molecular weight is 546 g/mol. The normalized spacial score (nSPS) is 14.7. The zero-order valence-electron chi connectivity index (χ0n) is 15.8. The van der Waals surface area contributed by atoms with Gasteiger partial charge in [0.1, 0.15) is 0 Å². The van der Waals surface area contributed by atoms with Gasteiger partial charge in [-0.15, -0.1) is 0 Å². The van der Waals surface area contributed by atoms with Gasteiger partial charge in [-0.2, -0.15) is 0 Å². The average Bonchev–Trinajstić information content (AvgIpc) is 3.05. The van der Waals surface area contributed by atoms with Gasteiger partial charge in [0.25, 0.3) is 0 Å². The summed E-state index contributed by atoms with van der Waals surface area (Å²) in [5.74, 6) is 0.932. The molecule has 0 aromatic heterocycles. The van der Waals surface area contributed by atoms with Crippen molar-refractivity contribution < 1.29 is 19.0 Å². The van der Waals surface area contributed by atoms with Crippen molar-refractivity contribution in [2.24, 2.45) is 4.99 Å². The van der Waals surface area contributed by atoms with Crippen LogP contribution in [0.1, 0.15) is 30.9 Å². The number of esters is 1. The number of unbranched alkanes of at least 4 members (excludes halogenated alkanes) is 1. The number of aliphatic imine (C=N–C) groups is 1. The molecule has 5 nitrogen and oxygen atoms in total. The first-order valence-electron chi connectivity index (χ1n) is 8.91. The maximum Gasteiger partial charge on any atom is 0.363 e. The molecule has 2 aromatic rings. The first kappa shape index (κ1) is 21.9. The molecular formula is C21H18Cl2INO4. The molecule has 0 spiro atoms. The number of halogens is 3. The van der Waals surface area contributed by atoms with Crippen LogP contribution in [0.15, 0.2) is 41.0 Å². The van der Waals surface area contributed by atoms with Gasteiger partial charge in [-0.3, -0.25) is 0 Å². The summed E-state index contributed by atoms with van der Waals surface area (Å²) in [6.07, 6.45) is 3.65. The molecule has 0 saturated carbocycles. The lowest BCUT2D eigenvalue weighted by molar-refractivity contribution is -0.129. The lowest BCUT2D eigenvalue weighted by Crippen LogP contribution is -2.05. The Morgan fingerprint density at radius 3 is 2.69 bits per heavy atom. The van der Waals surface area contributed by atoms with Gasteiger partial charge in [-0.1, -0.05) is 36.5 Å². The number of rotatable bonds is 7. The summed E-state index contributed by atoms with van der Waals surface area (Å²) < 4.78 is 17.5. The number of ether oxygens (including phenoxy) is 3. The number of cyclic esters (lactones) is 1. The third kappa shape index (κ3) is 5.24. The molecule has 0 saturated heterocycles. The summed E-state index contributed by atoms with van der Waals surface area (Å²) in [4.78, 5) is 16.6. The third-order valence-corrected chi connectivity index (χ3v) is 5.63. The minimum absolute atomic E-state index is 0.181. The van der Waals surface area contributed by atoms with Gasteiger partial charge in [0.05, 0.1) is 27.3 Å². The fraction of sp³-hybridized carbons (Fsp3) is 0.238. The second-order valence-corrected chi connectivity index (χ2v) is 8.18. The molecule has 1 heterocycles. The van der Waals surface area contributed by atoms with E-state index in [0.717, 1.165) is 22.0 Å². The molecule has 3 rings (SSSR count). The summed E-state index contributed by atoms with van der Waals surface area (Å²) in [5.41, 5.74) is 1.51. The highest BCUT2D eigenvalue weighted by Crippen LogP contribution is 2.35. The van der Waals surface area contributed by atoms with E-state index in [-0.39, 0.29) is 11.6 Å². The van der Waals surface area contributed by atoms with Gasteiger partial charge >= 0.3 is 5.97 Å². The predicted molar refractivity (Wildman–Crippen MR) is 123 cm³/mol. The van der Waals surface area contributed by atoms with Crippen molar-refractivity contribution in [3.05, 3.63) is 60.8 Å². The van der Waals surface area contributed by atoms with Crippen LogP contribution in [0.3, 0.4) is 0 Å². The molecule has 29 heavy (non-hydrogen) atoms. The fourth-order valence-corrected chi connectivity index (χ4v) is 3.68. The Hall–Kier alpha value is -1.77. The van der Waals surface area contributed by atoms with E-state index < -0.39 is 5.97 Å². The van der Waals surface area contributed by atoms with Crippen LogP contribution in [0.5, 0.6) is 11.5 Å². The van der Waals surface area contributed by atoms with E-state index in [0.29, 0.717) is 33.7 Å². The molecule has 1 aliphatic rings. The maximum absolute atomic E-state index is 12.3. The smallest absolute Gasteiger partial charge is 0.363 e. The minimum atomic E-state index is -0.539. The molecule has 0 aliphatic carbocycles. The molecular weight excluding hydrogens is 528 g/mol. The van der Waals surface area contributed by atoms with Crippen LogP contribution in [0, 0.1) is 3.57 Å². The molecule has 0 amide bonds. The van der Waals surface area contributed by atoms with Gasteiger partial charge in [-0.25, -0.2) is 9.79 Å². The number of hydrogen-bond donors (Lipinski definition) is 0. The largest absolute Gasteiger partial charge is 0.493 e. The molecule has 0 N–H and O–H groups in total. The van der Waals surface area contributed by atoms with Gasteiger partial charge in [-0.05, 0) is 71.0 Å². The first-order chi connectivity index (χ1) is 13.9. The van der Waals surface area contributed by atoms with Gasteiger partial charge in [0, 0.05) is 5.56 Å². The van der Waals surface area contributed by atoms with Crippen LogP contribution in [-0.4, -0.2) is 25.6 Å². The van der Waals surface area contributed by atoms with E-state index >= 15 is 0 Å². The number of hydrogen-bond acceptors (Lipinski definition) is 5. The molecule has 152 valence electrons. The summed E-state index contributed by atoms with van der Waals surface area (Å²) >= 11 is 14.2. The van der Waals surface area contributed by atoms with Crippen molar-refractivity contribution in [2.45, 2.75) is 19.8 Å². The number of nitrogens with zero attached hydrogens (tertiary/aromatic N) is 1. The summed E-state index contributed by atoms with van der Waals surface area (Å²) in [5, 5.41) is 0.775. The van der Waals surface area contributed by atoms with E-state index in [1.54, 1.807) is 37.5 Å². The van der Waals surface area contributed by atoms with Crippen LogP contribution in [-0.2, 0) is 9.53 Å². The molecule has 8 heteroatoms. The Labute approximate surface area is 192 Å². The predicted octanol–water partition coefficient (Wildman–Crippen LogP) is 6.13. The Morgan fingerprint density at radius 2 is 2.00 bits per heavy atom. The minimum Gasteiger partial charge on any atom is -0.493 e. The van der Waals surface area contributed by atoms with Gasteiger partial charge in [0.15, 0.2) is 17.2 Å². The highest BCUT2D eigenvalue weighted by Gasteiger charge is 2.25. The third-order valence-electron chi connectivity index (χ3n) is 4.09. The Balaban J connectivity index is 1.90. The van der Waals surface area contributed by atoms with Crippen LogP contribution in [0.2, 0.25) is 10.0 Å². The van der Waals surface area contributed by atoms with Crippen LogP contribution in [0.25, 0.3) is 6.08 Å².